The summed E-state index contributed by atoms with van der Waals surface area (Å²) in [6.45, 7) is 8.22. The molecule has 1 aromatic heterocycles. The number of nitrogen functional groups attached to an aromatic ring is 1. The molecular weight excluding hydrogens is 481 g/mol. The summed E-state index contributed by atoms with van der Waals surface area (Å²) < 4.78 is 17.7. The summed E-state index contributed by atoms with van der Waals surface area (Å²) in [4.78, 5) is 40.7. The Hall–Kier alpha value is -3.79. The molecule has 2 aromatic carbocycles. The van der Waals surface area contributed by atoms with E-state index in [0.29, 0.717) is 23.7 Å². The third-order valence-electron chi connectivity index (χ3n) is 5.70. The lowest BCUT2D eigenvalue weighted by molar-refractivity contribution is -0.122. The average molecular weight is 512 g/mol. The van der Waals surface area contributed by atoms with Crippen LogP contribution in [0.4, 0.5) is 15.8 Å². The first-order valence-corrected chi connectivity index (χ1v) is 12.3. The SMILES string of the molecule is Cc1ccc(N(C(=O)c2snc(C(N)=O)c2N)C(C(=O)NCCC(C)C)c2ccc(F)cc2)c(C)c1. The van der Waals surface area contributed by atoms with Crippen LogP contribution in [0.5, 0.6) is 0 Å². The van der Waals surface area contributed by atoms with E-state index in [9.17, 15) is 18.8 Å². The first-order valence-electron chi connectivity index (χ1n) is 11.5. The number of amides is 3. The minimum atomic E-state index is -1.15. The van der Waals surface area contributed by atoms with Gasteiger partial charge in [0.05, 0.1) is 5.69 Å². The lowest BCUT2D eigenvalue weighted by atomic mass is 10.0. The number of primary amides is 1. The summed E-state index contributed by atoms with van der Waals surface area (Å²) in [6.07, 6.45) is 0.739. The van der Waals surface area contributed by atoms with Crippen LogP contribution in [-0.4, -0.2) is 28.6 Å². The number of halogens is 1. The molecule has 0 aliphatic heterocycles. The average Bonchev–Trinajstić information content (AvgIpc) is 3.19. The van der Waals surface area contributed by atoms with E-state index in [-0.39, 0.29) is 16.3 Å². The molecule has 0 spiro atoms. The van der Waals surface area contributed by atoms with Gasteiger partial charge in [-0.1, -0.05) is 43.7 Å². The van der Waals surface area contributed by atoms with Crippen LogP contribution in [0.25, 0.3) is 0 Å². The van der Waals surface area contributed by atoms with Gasteiger partial charge in [0.1, 0.15) is 16.7 Å². The van der Waals surface area contributed by atoms with Crippen molar-refractivity contribution in [3.63, 3.8) is 0 Å². The highest BCUT2D eigenvalue weighted by molar-refractivity contribution is 7.09. The van der Waals surface area contributed by atoms with E-state index in [0.717, 1.165) is 29.1 Å². The number of hydrogen-bond donors (Lipinski definition) is 3. The van der Waals surface area contributed by atoms with Gasteiger partial charge in [0.2, 0.25) is 5.91 Å². The van der Waals surface area contributed by atoms with E-state index in [1.54, 1.807) is 6.07 Å². The number of carbonyl (C=O) groups excluding carboxylic acids is 3. The van der Waals surface area contributed by atoms with Gasteiger partial charge in [-0.05, 0) is 67.0 Å². The third kappa shape index (κ3) is 5.88. The standard InChI is InChI=1S/C26H30FN5O3S/c1-14(2)11-12-30-25(34)22(17-6-8-18(27)9-7-17)32(19-10-5-15(3)13-16(19)4)26(35)23-20(28)21(24(29)33)31-36-23/h5-10,13-14,22H,11-12,28H2,1-4H3,(H2,29,33)(H,30,34). The van der Waals surface area contributed by atoms with Crippen molar-refractivity contribution < 1.29 is 18.8 Å². The van der Waals surface area contributed by atoms with Crippen LogP contribution in [0.15, 0.2) is 42.5 Å². The second-order valence-corrected chi connectivity index (χ2v) is 9.80. The van der Waals surface area contributed by atoms with Gasteiger partial charge in [-0.2, -0.15) is 4.37 Å². The normalized spacial score (nSPS) is 11.8. The van der Waals surface area contributed by atoms with Crippen molar-refractivity contribution in [1.82, 2.24) is 9.69 Å². The summed E-state index contributed by atoms with van der Waals surface area (Å²) in [5, 5.41) is 2.91. The molecule has 0 aliphatic carbocycles. The number of anilines is 2. The van der Waals surface area contributed by atoms with Gasteiger partial charge in [-0.25, -0.2) is 4.39 Å². The zero-order chi connectivity index (χ0) is 26.6. The van der Waals surface area contributed by atoms with Gasteiger partial charge in [0.25, 0.3) is 11.8 Å². The molecule has 3 aromatic rings. The lowest BCUT2D eigenvalue weighted by Gasteiger charge is -2.32. The Morgan fingerprint density at radius 3 is 2.33 bits per heavy atom. The van der Waals surface area contributed by atoms with Crippen LogP contribution < -0.4 is 21.7 Å². The predicted molar refractivity (Wildman–Crippen MR) is 139 cm³/mol. The van der Waals surface area contributed by atoms with Crippen molar-refractivity contribution in [2.45, 2.75) is 40.2 Å². The summed E-state index contributed by atoms with van der Waals surface area (Å²) in [6, 6.07) is 9.72. The number of nitrogens with zero attached hydrogens (tertiary/aromatic N) is 2. The van der Waals surface area contributed by atoms with Crippen molar-refractivity contribution in [1.29, 1.82) is 0 Å². The molecule has 190 valence electrons. The van der Waals surface area contributed by atoms with Gasteiger partial charge >= 0.3 is 0 Å². The molecule has 36 heavy (non-hydrogen) atoms. The van der Waals surface area contributed by atoms with E-state index >= 15 is 0 Å². The minimum Gasteiger partial charge on any atom is -0.395 e. The summed E-state index contributed by atoms with van der Waals surface area (Å²) in [5.41, 5.74) is 13.7. The number of rotatable bonds is 9. The molecule has 0 saturated carbocycles. The third-order valence-corrected chi connectivity index (χ3v) is 6.55. The summed E-state index contributed by atoms with van der Waals surface area (Å²) in [7, 11) is 0. The Labute approximate surface area is 213 Å². The highest BCUT2D eigenvalue weighted by Crippen LogP contribution is 2.35. The number of aromatic nitrogens is 1. The second-order valence-electron chi connectivity index (χ2n) is 9.03. The Morgan fingerprint density at radius 2 is 1.78 bits per heavy atom. The Balaban J connectivity index is 2.19. The molecular formula is C26H30FN5O3S. The van der Waals surface area contributed by atoms with Crippen molar-refractivity contribution in [2.75, 3.05) is 17.2 Å². The molecule has 1 atom stereocenters. The number of hydrogen-bond acceptors (Lipinski definition) is 6. The maximum Gasteiger partial charge on any atom is 0.273 e. The molecule has 5 N–H and O–H groups in total. The molecule has 10 heteroatoms. The van der Waals surface area contributed by atoms with Gasteiger partial charge in [0.15, 0.2) is 5.69 Å². The van der Waals surface area contributed by atoms with Gasteiger partial charge in [-0.15, -0.1) is 0 Å². The molecule has 0 aliphatic rings. The van der Waals surface area contributed by atoms with Crippen molar-refractivity contribution in [3.8, 4) is 0 Å². The number of nitrogens with two attached hydrogens (primary N) is 2. The fourth-order valence-corrected chi connectivity index (χ4v) is 4.57. The second kappa shape index (κ2) is 11.3. The van der Waals surface area contributed by atoms with E-state index in [4.69, 9.17) is 11.5 Å². The van der Waals surface area contributed by atoms with E-state index < -0.39 is 29.6 Å². The molecule has 0 fully saturated rings. The van der Waals surface area contributed by atoms with Gasteiger partial charge in [0, 0.05) is 12.2 Å². The lowest BCUT2D eigenvalue weighted by Crippen LogP contribution is -2.44. The van der Waals surface area contributed by atoms with Crippen LogP contribution in [-0.2, 0) is 4.79 Å². The molecule has 0 bridgehead atoms. The van der Waals surface area contributed by atoms with Gasteiger partial charge < -0.3 is 16.8 Å². The molecule has 0 saturated heterocycles. The van der Waals surface area contributed by atoms with Crippen molar-refractivity contribution in [3.05, 3.63) is 75.5 Å². The molecule has 1 heterocycles. The van der Waals surface area contributed by atoms with Crippen LogP contribution in [0.3, 0.4) is 0 Å². The first-order chi connectivity index (χ1) is 17.0. The highest BCUT2D eigenvalue weighted by Gasteiger charge is 2.36. The van der Waals surface area contributed by atoms with Crippen molar-refractivity contribution in [2.24, 2.45) is 11.7 Å². The van der Waals surface area contributed by atoms with Crippen LogP contribution >= 0.6 is 11.5 Å². The molecule has 1 unspecified atom stereocenters. The van der Waals surface area contributed by atoms with E-state index in [1.165, 1.54) is 29.2 Å². The Bertz CT molecular complexity index is 1270. The van der Waals surface area contributed by atoms with Gasteiger partial charge in [-0.3, -0.25) is 19.3 Å². The van der Waals surface area contributed by atoms with Crippen LogP contribution in [0.2, 0.25) is 0 Å². The predicted octanol–water partition coefficient (Wildman–Crippen LogP) is 4.13. The number of nitrogens with one attached hydrogen (secondary N) is 1. The largest absolute Gasteiger partial charge is 0.395 e. The molecule has 8 nitrogen and oxygen atoms in total. The number of aryl methyl sites for hydroxylation is 2. The van der Waals surface area contributed by atoms with Crippen LogP contribution in [0, 0.1) is 25.6 Å². The maximum absolute atomic E-state index is 14.0. The monoisotopic (exact) mass is 511 g/mol. The molecule has 3 amide bonds. The van der Waals surface area contributed by atoms with Crippen molar-refractivity contribution >= 4 is 40.6 Å². The zero-order valence-corrected chi connectivity index (χ0v) is 21.5. The van der Waals surface area contributed by atoms with E-state index in [2.05, 4.69) is 9.69 Å². The summed E-state index contributed by atoms with van der Waals surface area (Å²) in [5.74, 6) is -2.04. The summed E-state index contributed by atoms with van der Waals surface area (Å²) >= 11 is 0.734. The quantitative estimate of drug-likeness (QED) is 0.397. The zero-order valence-electron chi connectivity index (χ0n) is 20.7. The minimum absolute atomic E-state index is 0.0223. The maximum atomic E-state index is 14.0. The molecule has 3 rings (SSSR count). The molecule has 0 radical (unpaired) electrons. The number of carbonyl (C=O) groups is 3. The first kappa shape index (κ1) is 26.8. The number of benzene rings is 2. The highest BCUT2D eigenvalue weighted by atomic mass is 32.1. The van der Waals surface area contributed by atoms with E-state index in [1.807, 2.05) is 39.8 Å². The fraction of sp³-hybridized carbons (Fsp3) is 0.308. The Kier molecular flexibility index (Phi) is 8.41. The fourth-order valence-electron chi connectivity index (χ4n) is 3.82. The smallest absolute Gasteiger partial charge is 0.273 e. The van der Waals surface area contributed by atoms with Crippen LogP contribution in [0.1, 0.15) is 63.2 Å². The topological polar surface area (TPSA) is 131 Å². The Morgan fingerprint density at radius 1 is 1.11 bits per heavy atom.